The van der Waals surface area contributed by atoms with Gasteiger partial charge in [0.2, 0.25) is 11.5 Å². The largest absolute Gasteiger partial charge is 0.439 e. The lowest BCUT2D eigenvalue weighted by molar-refractivity contribution is -0.673. The molecule has 0 bridgehead atoms. The molecule has 1 aromatic heterocycles. The number of benzene rings is 2. The molecule has 0 spiro atoms. The Hall–Kier alpha value is -3.19. The Morgan fingerprint density at radius 3 is 2.38 bits per heavy atom. The van der Waals surface area contributed by atoms with Crippen molar-refractivity contribution in [2.24, 2.45) is 0 Å². The van der Waals surface area contributed by atoms with Gasteiger partial charge in [0.25, 0.3) is 25.8 Å². The Balaban J connectivity index is 1.70. The average molecular weight is 578 g/mol. The summed E-state index contributed by atoms with van der Waals surface area (Å²) in [6, 6.07) is 11.3. The number of aromatic nitrogens is 1. The van der Waals surface area contributed by atoms with Gasteiger partial charge in [-0.05, 0) is 68.0 Å². The van der Waals surface area contributed by atoms with Crippen LogP contribution >= 0.6 is 0 Å². The van der Waals surface area contributed by atoms with Crippen LogP contribution in [0.1, 0.15) is 43.2 Å². The van der Waals surface area contributed by atoms with Gasteiger partial charge in [0, 0.05) is 18.7 Å². The van der Waals surface area contributed by atoms with Crippen molar-refractivity contribution < 1.29 is 39.7 Å². The molecular weight excluding hydrogens is 544 g/mol. The van der Waals surface area contributed by atoms with E-state index in [4.69, 9.17) is 13.7 Å². The van der Waals surface area contributed by atoms with E-state index >= 15 is 0 Å². The molecule has 3 aromatic rings. The van der Waals surface area contributed by atoms with Gasteiger partial charge in [0.05, 0.1) is 17.5 Å². The van der Waals surface area contributed by atoms with E-state index in [0.717, 1.165) is 22.4 Å². The van der Waals surface area contributed by atoms with Gasteiger partial charge in [-0.15, -0.1) is 0 Å². The number of ether oxygens (including phenoxy) is 1. The summed E-state index contributed by atoms with van der Waals surface area (Å²) in [7, 11) is -8.21. The maximum Gasteiger partial charge on any atom is 0.374 e. The maximum atomic E-state index is 11.5. The van der Waals surface area contributed by atoms with Gasteiger partial charge in [-0.2, -0.15) is 21.4 Å². The van der Waals surface area contributed by atoms with Crippen LogP contribution in [0.2, 0.25) is 0 Å². The van der Waals surface area contributed by atoms with E-state index in [2.05, 4.69) is 0 Å². The average Bonchev–Trinajstić information content (AvgIpc) is 3.36. The smallest absolute Gasteiger partial charge is 0.374 e. The maximum absolute atomic E-state index is 11.5. The minimum Gasteiger partial charge on any atom is -0.439 e. The first-order chi connectivity index (χ1) is 18.3. The summed E-state index contributed by atoms with van der Waals surface area (Å²) in [5.41, 5.74) is 5.17. The molecule has 0 radical (unpaired) electrons. The molecular formula is C27H33N2O8S2+. The molecule has 12 heteroatoms. The Morgan fingerprint density at radius 1 is 1.00 bits per heavy atom. The van der Waals surface area contributed by atoms with Crippen LogP contribution in [0.15, 0.2) is 58.3 Å². The normalized spacial score (nSPS) is 15.3. The van der Waals surface area contributed by atoms with E-state index in [9.17, 15) is 21.4 Å². The Bertz CT molecular complexity index is 1650. The lowest BCUT2D eigenvalue weighted by Gasteiger charge is -2.19. The fourth-order valence-corrected chi connectivity index (χ4v) is 5.39. The van der Waals surface area contributed by atoms with Gasteiger partial charge in [-0.25, -0.2) is 0 Å². The lowest BCUT2D eigenvalue weighted by Crippen LogP contribution is -2.38. The van der Waals surface area contributed by atoms with Crippen molar-refractivity contribution in [1.82, 2.24) is 0 Å². The number of nitrogens with zero attached hydrogens (tertiary/aromatic N) is 2. The number of fused-ring (bicyclic) bond motifs is 2. The molecule has 0 aliphatic carbocycles. The van der Waals surface area contributed by atoms with Crippen molar-refractivity contribution >= 4 is 43.1 Å². The highest BCUT2D eigenvalue weighted by molar-refractivity contribution is 7.86. The van der Waals surface area contributed by atoms with E-state index in [1.54, 1.807) is 10.6 Å². The molecule has 2 heterocycles. The first-order valence-electron chi connectivity index (χ1n) is 12.6. The highest BCUT2D eigenvalue weighted by atomic mass is 32.2. The molecule has 4 rings (SSSR count). The summed E-state index contributed by atoms with van der Waals surface area (Å²) in [4.78, 5) is 1.99. The molecule has 0 unspecified atom stereocenters. The molecule has 0 saturated carbocycles. The van der Waals surface area contributed by atoms with Gasteiger partial charge < -0.3 is 14.1 Å². The molecule has 39 heavy (non-hydrogen) atoms. The second kappa shape index (κ2) is 11.5. The molecule has 0 saturated heterocycles. The molecule has 10 nitrogen and oxygen atoms in total. The van der Waals surface area contributed by atoms with Gasteiger partial charge in [0.1, 0.15) is 5.75 Å². The van der Waals surface area contributed by atoms with Crippen molar-refractivity contribution in [3.8, 4) is 5.75 Å². The number of allylic oxidation sites excluding steroid dienone is 2. The van der Waals surface area contributed by atoms with Crippen molar-refractivity contribution in [3.05, 3.63) is 70.9 Å². The van der Waals surface area contributed by atoms with Crippen LogP contribution in [0, 0.1) is 13.8 Å². The summed E-state index contributed by atoms with van der Waals surface area (Å²) in [6.07, 6.45) is 5.11. The molecule has 2 N–H and O–H groups in total. The zero-order chi connectivity index (χ0) is 28.4. The fourth-order valence-electron chi connectivity index (χ4n) is 4.41. The molecule has 2 aromatic carbocycles. The van der Waals surface area contributed by atoms with Crippen LogP contribution in [-0.2, 0) is 26.8 Å². The molecule has 1 aliphatic rings. The van der Waals surface area contributed by atoms with Crippen LogP contribution in [-0.4, -0.2) is 44.0 Å². The van der Waals surface area contributed by atoms with Gasteiger partial charge in [-0.3, -0.25) is 9.11 Å². The number of rotatable bonds is 11. The standard InChI is InChI=1S/C27H32N2O8S2/c1-4-21(18-27-29(12-14-39(33,34)35)22-9-5-6-10-24(22)36-27)17-26-28(11-7-8-13-38(30,31)32)23-15-19(2)20(3)16-25(23)37-26/h5-6,9-10,15-18H,4,7-8,11-14H2,1-3H3,(H-,30,31,32,33,34,35)/p+1. The first kappa shape index (κ1) is 28.8. The lowest BCUT2D eigenvalue weighted by atomic mass is 10.1. The van der Waals surface area contributed by atoms with Crippen LogP contribution < -0.4 is 14.2 Å². The van der Waals surface area contributed by atoms with E-state index in [0.29, 0.717) is 54.4 Å². The number of hydrogen-bond acceptors (Lipinski definition) is 7. The number of anilines is 1. The topological polar surface area (TPSA) is 138 Å². The van der Waals surface area contributed by atoms with Crippen LogP contribution in [0.3, 0.4) is 0 Å². The molecule has 210 valence electrons. The number of aryl methyl sites for hydroxylation is 3. The second-order valence-corrected chi connectivity index (χ2v) is 12.7. The van der Waals surface area contributed by atoms with Gasteiger partial charge in [-0.1, -0.05) is 19.1 Å². The second-order valence-electron chi connectivity index (χ2n) is 9.55. The SMILES string of the molecule is CCC(/C=C1\Oc2cc(C)c(C)cc2N1CCCCS(=O)(=O)O)=C\c1oc2ccccc2[n+]1CCS(=O)(=O)O. The van der Waals surface area contributed by atoms with Gasteiger partial charge in [0.15, 0.2) is 12.3 Å². The molecule has 0 amide bonds. The monoisotopic (exact) mass is 577 g/mol. The Labute approximate surface area is 228 Å². The number of hydrogen-bond donors (Lipinski definition) is 2. The summed E-state index contributed by atoms with van der Waals surface area (Å²) < 4.78 is 77.6. The van der Waals surface area contributed by atoms with Crippen molar-refractivity contribution in [2.45, 2.75) is 46.6 Å². The number of unbranched alkanes of at least 4 members (excludes halogenated alkanes) is 1. The summed E-state index contributed by atoms with van der Waals surface area (Å²) in [5, 5.41) is 0. The minimum atomic E-state index is -4.18. The van der Waals surface area contributed by atoms with Crippen LogP contribution in [0.25, 0.3) is 17.2 Å². The predicted octanol–water partition coefficient (Wildman–Crippen LogP) is 4.43. The number of oxazole rings is 1. The highest BCUT2D eigenvalue weighted by Crippen LogP contribution is 2.41. The zero-order valence-electron chi connectivity index (χ0n) is 22.1. The fraction of sp³-hybridized carbons (Fsp3) is 0.370. The third kappa shape index (κ3) is 7.27. The summed E-state index contributed by atoms with van der Waals surface area (Å²) >= 11 is 0. The van der Waals surface area contributed by atoms with E-state index in [1.807, 2.05) is 68.2 Å². The highest BCUT2D eigenvalue weighted by Gasteiger charge is 2.28. The van der Waals surface area contributed by atoms with Crippen LogP contribution in [0.4, 0.5) is 5.69 Å². The first-order valence-corrected chi connectivity index (χ1v) is 15.9. The van der Waals surface area contributed by atoms with E-state index in [-0.39, 0.29) is 12.3 Å². The third-order valence-electron chi connectivity index (χ3n) is 6.62. The zero-order valence-corrected chi connectivity index (χ0v) is 23.8. The van der Waals surface area contributed by atoms with Crippen molar-refractivity contribution in [2.75, 3.05) is 23.0 Å². The summed E-state index contributed by atoms with van der Waals surface area (Å²) in [5.74, 6) is 0.919. The van der Waals surface area contributed by atoms with Crippen molar-refractivity contribution in [1.29, 1.82) is 0 Å². The quantitative estimate of drug-likeness (QED) is 0.193. The van der Waals surface area contributed by atoms with E-state index in [1.165, 1.54) is 0 Å². The minimum absolute atomic E-state index is 0.00955. The molecule has 0 atom stereocenters. The van der Waals surface area contributed by atoms with Crippen molar-refractivity contribution in [3.63, 3.8) is 0 Å². The van der Waals surface area contributed by atoms with Crippen LogP contribution in [0.5, 0.6) is 5.75 Å². The van der Waals surface area contributed by atoms with E-state index < -0.39 is 26.0 Å². The molecule has 0 fully saturated rings. The predicted molar refractivity (Wildman–Crippen MR) is 149 cm³/mol. The Morgan fingerprint density at radius 2 is 1.69 bits per heavy atom. The number of para-hydroxylation sites is 2. The Kier molecular flexibility index (Phi) is 8.50. The summed E-state index contributed by atoms with van der Waals surface area (Å²) in [6.45, 7) is 6.48. The third-order valence-corrected chi connectivity index (χ3v) is 8.12. The van der Waals surface area contributed by atoms with Gasteiger partial charge >= 0.3 is 5.89 Å². The molecule has 1 aliphatic heterocycles.